The van der Waals surface area contributed by atoms with Crippen molar-refractivity contribution in [3.05, 3.63) is 47.4 Å². The predicted molar refractivity (Wildman–Crippen MR) is 65.0 cm³/mol. The molecule has 4 nitrogen and oxygen atoms in total. The Labute approximate surface area is 103 Å². The van der Waals surface area contributed by atoms with Crippen molar-refractivity contribution in [3.63, 3.8) is 0 Å². The molecule has 0 atom stereocenters. The van der Waals surface area contributed by atoms with Gasteiger partial charge in [0.1, 0.15) is 22.9 Å². The summed E-state index contributed by atoms with van der Waals surface area (Å²) in [7, 11) is 0. The number of furan rings is 1. The highest BCUT2D eigenvalue weighted by Gasteiger charge is 2.07. The summed E-state index contributed by atoms with van der Waals surface area (Å²) in [5.41, 5.74) is 1.76. The van der Waals surface area contributed by atoms with Crippen LogP contribution < -0.4 is 0 Å². The molecule has 3 rings (SSSR count). The third-order valence-corrected chi connectivity index (χ3v) is 2.87. The molecule has 5 heteroatoms. The lowest BCUT2D eigenvalue weighted by Crippen LogP contribution is -1.95. The highest BCUT2D eigenvalue weighted by atomic mass is 35.5. The molecule has 3 aromatic rings. The average molecular weight is 248 g/mol. The summed E-state index contributed by atoms with van der Waals surface area (Å²) in [6.07, 6.45) is 4.85. The van der Waals surface area contributed by atoms with E-state index in [9.17, 15) is 0 Å². The minimum atomic E-state index is 0.583. The van der Waals surface area contributed by atoms with E-state index < -0.39 is 0 Å². The zero-order valence-electron chi connectivity index (χ0n) is 8.98. The second-order valence-electron chi connectivity index (χ2n) is 3.78. The van der Waals surface area contributed by atoms with Crippen LogP contribution in [0.1, 0.15) is 11.5 Å². The quantitative estimate of drug-likeness (QED) is 0.774. The molecule has 86 valence electrons. The number of rotatable bonds is 3. The first-order chi connectivity index (χ1) is 8.33. The van der Waals surface area contributed by atoms with Crippen molar-refractivity contribution in [2.75, 3.05) is 0 Å². The monoisotopic (exact) mass is 247 g/mol. The van der Waals surface area contributed by atoms with E-state index in [0.717, 1.165) is 35.3 Å². The van der Waals surface area contributed by atoms with Gasteiger partial charge >= 0.3 is 0 Å². The van der Waals surface area contributed by atoms with Crippen molar-refractivity contribution < 1.29 is 4.42 Å². The van der Waals surface area contributed by atoms with Crippen LogP contribution in [-0.4, -0.2) is 15.0 Å². The fourth-order valence-electron chi connectivity index (χ4n) is 1.85. The fraction of sp³-hybridized carbons (Fsp3) is 0.167. The van der Waals surface area contributed by atoms with Crippen molar-refractivity contribution in [2.24, 2.45) is 0 Å². The van der Waals surface area contributed by atoms with Crippen LogP contribution in [0, 0.1) is 0 Å². The van der Waals surface area contributed by atoms with Crippen molar-refractivity contribution in [1.29, 1.82) is 0 Å². The second-order valence-corrected chi connectivity index (χ2v) is 4.19. The summed E-state index contributed by atoms with van der Waals surface area (Å²) in [4.78, 5) is 11.4. The average Bonchev–Trinajstić information content (AvgIpc) is 2.93. The lowest BCUT2D eigenvalue weighted by atomic mass is 10.1. The van der Waals surface area contributed by atoms with Gasteiger partial charge in [-0.2, -0.15) is 0 Å². The van der Waals surface area contributed by atoms with Gasteiger partial charge < -0.3 is 9.40 Å². The molecule has 0 aliphatic heterocycles. The van der Waals surface area contributed by atoms with E-state index in [1.54, 1.807) is 12.6 Å². The highest BCUT2D eigenvalue weighted by Crippen LogP contribution is 2.20. The van der Waals surface area contributed by atoms with Crippen LogP contribution in [-0.2, 0) is 12.8 Å². The molecular formula is C12H10ClN3O. The van der Waals surface area contributed by atoms with Crippen LogP contribution in [0.4, 0.5) is 0 Å². The maximum absolute atomic E-state index is 5.91. The minimum absolute atomic E-state index is 0.583. The number of aromatic amines is 1. The molecule has 3 aromatic heterocycles. The van der Waals surface area contributed by atoms with E-state index in [4.69, 9.17) is 16.0 Å². The van der Waals surface area contributed by atoms with Gasteiger partial charge in [0.2, 0.25) is 0 Å². The van der Waals surface area contributed by atoms with Crippen LogP contribution in [0.5, 0.6) is 0 Å². The third kappa shape index (κ3) is 2.03. The van der Waals surface area contributed by atoms with Gasteiger partial charge in [-0.05, 0) is 24.6 Å². The van der Waals surface area contributed by atoms with E-state index in [1.165, 1.54) is 0 Å². The summed E-state index contributed by atoms with van der Waals surface area (Å²) in [5, 5.41) is 1.56. The number of H-pyrrole nitrogens is 1. The topological polar surface area (TPSA) is 54.7 Å². The van der Waals surface area contributed by atoms with E-state index >= 15 is 0 Å². The lowest BCUT2D eigenvalue weighted by Gasteiger charge is -1.99. The molecule has 1 N–H and O–H groups in total. The fourth-order valence-corrected chi connectivity index (χ4v) is 2.05. The summed E-state index contributed by atoms with van der Waals surface area (Å²) in [6, 6.07) is 5.70. The molecule has 0 spiro atoms. The van der Waals surface area contributed by atoms with Gasteiger partial charge in [0.25, 0.3) is 0 Å². The van der Waals surface area contributed by atoms with Crippen LogP contribution >= 0.6 is 11.6 Å². The van der Waals surface area contributed by atoms with Crippen LogP contribution in [0.2, 0.25) is 5.15 Å². The number of aryl methyl sites for hydroxylation is 2. The van der Waals surface area contributed by atoms with E-state index in [-0.39, 0.29) is 0 Å². The number of aromatic nitrogens is 3. The SMILES string of the molecule is Clc1cc2c(CCc3ccco3)ncnc2[nH]1. The molecule has 0 bridgehead atoms. The maximum Gasteiger partial charge on any atom is 0.142 e. The zero-order valence-corrected chi connectivity index (χ0v) is 9.74. The normalized spacial score (nSPS) is 11.1. The van der Waals surface area contributed by atoms with Gasteiger partial charge in [0.05, 0.1) is 12.0 Å². The second kappa shape index (κ2) is 4.22. The Morgan fingerprint density at radius 2 is 2.24 bits per heavy atom. The van der Waals surface area contributed by atoms with Gasteiger partial charge in [-0.15, -0.1) is 0 Å². The number of halogens is 1. The predicted octanol–water partition coefficient (Wildman–Crippen LogP) is 2.99. The van der Waals surface area contributed by atoms with Gasteiger partial charge in [0.15, 0.2) is 0 Å². The Hall–Kier alpha value is -1.81. The van der Waals surface area contributed by atoms with Gasteiger partial charge in [-0.3, -0.25) is 0 Å². The first-order valence-corrected chi connectivity index (χ1v) is 5.71. The standard InChI is InChI=1S/C12H10ClN3O/c13-11-6-9-10(14-7-15-12(9)16-11)4-3-8-2-1-5-17-8/h1-2,5-7H,3-4H2,(H,14,15,16). The largest absolute Gasteiger partial charge is 0.469 e. The summed E-state index contributed by atoms with van der Waals surface area (Å²) in [6.45, 7) is 0. The summed E-state index contributed by atoms with van der Waals surface area (Å²) < 4.78 is 5.30. The first-order valence-electron chi connectivity index (χ1n) is 5.33. The molecule has 0 saturated carbocycles. The molecule has 0 unspecified atom stereocenters. The minimum Gasteiger partial charge on any atom is -0.469 e. The van der Waals surface area contributed by atoms with Crippen molar-refractivity contribution >= 4 is 22.6 Å². The molecule has 0 aliphatic rings. The van der Waals surface area contributed by atoms with E-state index in [2.05, 4.69) is 15.0 Å². The third-order valence-electron chi connectivity index (χ3n) is 2.66. The van der Waals surface area contributed by atoms with E-state index in [0.29, 0.717) is 5.15 Å². The van der Waals surface area contributed by atoms with Crippen LogP contribution in [0.25, 0.3) is 11.0 Å². The molecule has 0 saturated heterocycles. The Morgan fingerprint density at radius 3 is 3.06 bits per heavy atom. The van der Waals surface area contributed by atoms with E-state index in [1.807, 2.05) is 18.2 Å². The number of hydrogen-bond donors (Lipinski definition) is 1. The number of hydrogen-bond acceptors (Lipinski definition) is 3. The molecule has 3 heterocycles. The number of fused-ring (bicyclic) bond motifs is 1. The van der Waals surface area contributed by atoms with Gasteiger partial charge in [0, 0.05) is 11.8 Å². The number of nitrogens with zero attached hydrogens (tertiary/aromatic N) is 2. The molecule has 0 aromatic carbocycles. The summed E-state index contributed by atoms with van der Waals surface area (Å²) >= 11 is 5.91. The van der Waals surface area contributed by atoms with Crippen LogP contribution in [0.15, 0.2) is 35.2 Å². The maximum atomic E-state index is 5.91. The first kappa shape index (κ1) is 10.4. The lowest BCUT2D eigenvalue weighted by molar-refractivity contribution is 0.508. The highest BCUT2D eigenvalue weighted by molar-refractivity contribution is 6.30. The Morgan fingerprint density at radius 1 is 1.29 bits per heavy atom. The molecule has 0 radical (unpaired) electrons. The van der Waals surface area contributed by atoms with Crippen molar-refractivity contribution in [2.45, 2.75) is 12.8 Å². The number of nitrogens with one attached hydrogen (secondary N) is 1. The smallest absolute Gasteiger partial charge is 0.142 e. The Balaban J connectivity index is 1.89. The van der Waals surface area contributed by atoms with Gasteiger partial charge in [-0.25, -0.2) is 9.97 Å². The summed E-state index contributed by atoms with van der Waals surface area (Å²) in [5.74, 6) is 0.957. The molecule has 0 fully saturated rings. The van der Waals surface area contributed by atoms with Crippen molar-refractivity contribution in [1.82, 2.24) is 15.0 Å². The Kier molecular flexibility index (Phi) is 2.57. The Bertz CT molecular complexity index is 630. The van der Waals surface area contributed by atoms with Gasteiger partial charge in [-0.1, -0.05) is 11.6 Å². The van der Waals surface area contributed by atoms with Crippen molar-refractivity contribution in [3.8, 4) is 0 Å². The molecular weight excluding hydrogens is 238 g/mol. The molecule has 17 heavy (non-hydrogen) atoms. The van der Waals surface area contributed by atoms with Crippen LogP contribution in [0.3, 0.4) is 0 Å². The molecule has 0 aliphatic carbocycles. The molecule has 0 amide bonds. The zero-order chi connectivity index (χ0) is 11.7.